The summed E-state index contributed by atoms with van der Waals surface area (Å²) in [6, 6.07) is 3.25. The summed E-state index contributed by atoms with van der Waals surface area (Å²) in [4.78, 5) is 11.7. The standard InChI is InChI=1S/C10H10Cl2INO/c1-2-3-14-10(15)7-4-6(11)5-8(12)9(7)13/h4-5H,2-3H2,1H3,(H,14,15). The Hall–Kier alpha value is -0.000000000000000111. The van der Waals surface area contributed by atoms with E-state index in [1.807, 2.05) is 29.5 Å². The Balaban J connectivity index is 2.98. The van der Waals surface area contributed by atoms with Gasteiger partial charge in [-0.25, -0.2) is 0 Å². The van der Waals surface area contributed by atoms with Crippen molar-refractivity contribution in [3.05, 3.63) is 31.3 Å². The number of rotatable bonds is 3. The zero-order chi connectivity index (χ0) is 11.4. The fraction of sp³-hybridized carbons (Fsp3) is 0.300. The van der Waals surface area contributed by atoms with Crippen LogP contribution in [0.4, 0.5) is 0 Å². The van der Waals surface area contributed by atoms with E-state index in [0.29, 0.717) is 22.2 Å². The normalized spacial score (nSPS) is 10.1. The second-order valence-electron chi connectivity index (χ2n) is 3.01. The third-order valence-electron chi connectivity index (χ3n) is 1.77. The van der Waals surface area contributed by atoms with E-state index in [9.17, 15) is 4.79 Å². The third-order valence-corrected chi connectivity index (χ3v) is 3.77. The van der Waals surface area contributed by atoms with Crippen LogP contribution in [0.25, 0.3) is 0 Å². The maximum Gasteiger partial charge on any atom is 0.252 e. The Morgan fingerprint density at radius 1 is 1.47 bits per heavy atom. The number of hydrogen-bond donors (Lipinski definition) is 1. The highest BCUT2D eigenvalue weighted by molar-refractivity contribution is 14.1. The number of carbonyl (C=O) groups excluding carboxylic acids is 1. The molecule has 1 aromatic carbocycles. The van der Waals surface area contributed by atoms with Crippen molar-refractivity contribution in [1.29, 1.82) is 0 Å². The van der Waals surface area contributed by atoms with Crippen LogP contribution >= 0.6 is 45.8 Å². The minimum Gasteiger partial charge on any atom is -0.352 e. The Bertz CT molecular complexity index is 382. The highest BCUT2D eigenvalue weighted by Crippen LogP contribution is 2.26. The van der Waals surface area contributed by atoms with E-state index >= 15 is 0 Å². The lowest BCUT2D eigenvalue weighted by Crippen LogP contribution is -2.24. The first kappa shape index (κ1) is 13.1. The molecule has 15 heavy (non-hydrogen) atoms. The first-order valence-corrected chi connectivity index (χ1v) is 6.32. The molecule has 1 N–H and O–H groups in total. The molecule has 0 aliphatic carbocycles. The van der Waals surface area contributed by atoms with E-state index in [-0.39, 0.29) is 5.91 Å². The molecule has 0 unspecified atom stereocenters. The van der Waals surface area contributed by atoms with Crippen molar-refractivity contribution in [2.75, 3.05) is 6.54 Å². The maximum absolute atomic E-state index is 11.7. The van der Waals surface area contributed by atoms with Crippen molar-refractivity contribution in [2.45, 2.75) is 13.3 Å². The van der Waals surface area contributed by atoms with Crippen LogP contribution in [0.15, 0.2) is 12.1 Å². The molecule has 0 atom stereocenters. The van der Waals surface area contributed by atoms with E-state index in [4.69, 9.17) is 23.2 Å². The molecule has 1 aromatic rings. The molecule has 0 saturated heterocycles. The van der Waals surface area contributed by atoms with Crippen molar-refractivity contribution >= 4 is 51.7 Å². The highest BCUT2D eigenvalue weighted by atomic mass is 127. The van der Waals surface area contributed by atoms with Gasteiger partial charge in [-0.2, -0.15) is 0 Å². The highest BCUT2D eigenvalue weighted by Gasteiger charge is 2.13. The molecule has 0 aromatic heterocycles. The van der Waals surface area contributed by atoms with Crippen LogP contribution in [0, 0.1) is 3.57 Å². The van der Waals surface area contributed by atoms with Crippen molar-refractivity contribution < 1.29 is 4.79 Å². The number of halogens is 3. The summed E-state index contributed by atoms with van der Waals surface area (Å²) in [5.41, 5.74) is 0.529. The minimum absolute atomic E-state index is 0.134. The maximum atomic E-state index is 11.7. The van der Waals surface area contributed by atoms with Crippen LogP contribution in [-0.2, 0) is 0 Å². The molecule has 0 aliphatic heterocycles. The van der Waals surface area contributed by atoms with Gasteiger partial charge in [-0.3, -0.25) is 4.79 Å². The molecule has 5 heteroatoms. The Labute approximate surface area is 112 Å². The van der Waals surface area contributed by atoms with E-state index in [2.05, 4.69) is 5.32 Å². The van der Waals surface area contributed by atoms with Gasteiger partial charge in [0.2, 0.25) is 0 Å². The summed E-state index contributed by atoms with van der Waals surface area (Å²) in [5.74, 6) is -0.134. The summed E-state index contributed by atoms with van der Waals surface area (Å²) in [6.45, 7) is 2.65. The van der Waals surface area contributed by atoms with Crippen molar-refractivity contribution in [2.24, 2.45) is 0 Å². The quantitative estimate of drug-likeness (QED) is 0.648. The number of benzene rings is 1. The molecular formula is C10H10Cl2INO. The number of amides is 1. The van der Waals surface area contributed by atoms with Gasteiger partial charge in [0.1, 0.15) is 0 Å². The van der Waals surface area contributed by atoms with Crippen LogP contribution < -0.4 is 5.32 Å². The van der Waals surface area contributed by atoms with Gasteiger partial charge >= 0.3 is 0 Å². The van der Waals surface area contributed by atoms with Gasteiger partial charge in [0.15, 0.2) is 0 Å². The third kappa shape index (κ3) is 3.50. The molecule has 0 spiro atoms. The van der Waals surface area contributed by atoms with Gasteiger partial charge in [-0.1, -0.05) is 30.1 Å². The van der Waals surface area contributed by atoms with Crippen LogP contribution in [0.2, 0.25) is 10.0 Å². The lowest BCUT2D eigenvalue weighted by Gasteiger charge is -2.07. The minimum atomic E-state index is -0.134. The molecule has 0 heterocycles. The van der Waals surface area contributed by atoms with Gasteiger partial charge < -0.3 is 5.32 Å². The zero-order valence-electron chi connectivity index (χ0n) is 8.11. The van der Waals surface area contributed by atoms with Crippen LogP contribution in [0.5, 0.6) is 0 Å². The Morgan fingerprint density at radius 2 is 2.13 bits per heavy atom. The summed E-state index contributed by atoms with van der Waals surface area (Å²) >= 11 is 13.8. The van der Waals surface area contributed by atoms with E-state index in [1.165, 1.54) is 0 Å². The average molecular weight is 358 g/mol. The molecule has 0 saturated carbocycles. The molecule has 1 amide bonds. The van der Waals surface area contributed by atoms with Crippen molar-refractivity contribution in [3.63, 3.8) is 0 Å². The van der Waals surface area contributed by atoms with Gasteiger partial charge in [0.25, 0.3) is 5.91 Å². The van der Waals surface area contributed by atoms with Gasteiger partial charge in [0, 0.05) is 15.1 Å². The monoisotopic (exact) mass is 357 g/mol. The molecule has 82 valence electrons. The lowest BCUT2D eigenvalue weighted by molar-refractivity contribution is 0.0953. The second-order valence-corrected chi connectivity index (χ2v) is 4.93. The van der Waals surface area contributed by atoms with E-state index in [1.54, 1.807) is 12.1 Å². The zero-order valence-corrected chi connectivity index (χ0v) is 11.8. The second kappa shape index (κ2) is 5.92. The van der Waals surface area contributed by atoms with Gasteiger partial charge in [-0.15, -0.1) is 0 Å². The summed E-state index contributed by atoms with van der Waals surface area (Å²) in [7, 11) is 0. The smallest absolute Gasteiger partial charge is 0.252 e. The van der Waals surface area contributed by atoms with E-state index < -0.39 is 0 Å². The number of hydrogen-bond acceptors (Lipinski definition) is 1. The lowest BCUT2D eigenvalue weighted by atomic mass is 10.2. The molecule has 0 fully saturated rings. The Kier molecular flexibility index (Phi) is 5.15. The van der Waals surface area contributed by atoms with Gasteiger partial charge in [0.05, 0.1) is 10.6 Å². The summed E-state index contributed by atoms with van der Waals surface area (Å²) in [6.07, 6.45) is 0.899. The van der Waals surface area contributed by atoms with Crippen LogP contribution in [0.1, 0.15) is 23.7 Å². The summed E-state index contributed by atoms with van der Waals surface area (Å²) < 4.78 is 0.729. The molecule has 0 bridgehead atoms. The summed E-state index contributed by atoms with van der Waals surface area (Å²) in [5, 5.41) is 3.76. The first-order chi connectivity index (χ1) is 7.06. The Morgan fingerprint density at radius 3 is 2.73 bits per heavy atom. The average Bonchev–Trinajstić information content (AvgIpc) is 2.19. The molecular weight excluding hydrogens is 348 g/mol. The van der Waals surface area contributed by atoms with Crippen LogP contribution in [-0.4, -0.2) is 12.5 Å². The first-order valence-electron chi connectivity index (χ1n) is 4.49. The SMILES string of the molecule is CCCNC(=O)c1cc(Cl)cc(Cl)c1I. The fourth-order valence-corrected chi connectivity index (χ4v) is 2.10. The predicted molar refractivity (Wildman–Crippen MR) is 71.8 cm³/mol. The van der Waals surface area contributed by atoms with Crippen molar-refractivity contribution in [1.82, 2.24) is 5.32 Å². The van der Waals surface area contributed by atoms with Crippen LogP contribution in [0.3, 0.4) is 0 Å². The topological polar surface area (TPSA) is 29.1 Å². The fourth-order valence-electron chi connectivity index (χ4n) is 1.05. The number of nitrogens with one attached hydrogen (secondary N) is 1. The predicted octanol–water partition coefficient (Wildman–Crippen LogP) is 3.74. The van der Waals surface area contributed by atoms with E-state index in [0.717, 1.165) is 9.99 Å². The molecule has 1 rings (SSSR count). The number of carbonyl (C=O) groups is 1. The van der Waals surface area contributed by atoms with Crippen molar-refractivity contribution in [3.8, 4) is 0 Å². The molecule has 2 nitrogen and oxygen atoms in total. The molecule has 0 aliphatic rings. The van der Waals surface area contributed by atoms with Gasteiger partial charge in [-0.05, 0) is 41.1 Å². The molecule has 0 radical (unpaired) electrons. The largest absolute Gasteiger partial charge is 0.352 e.